The highest BCUT2D eigenvalue weighted by Gasteiger charge is 2.25. The van der Waals surface area contributed by atoms with Crippen LogP contribution in [0, 0.1) is 24.4 Å². The average Bonchev–Trinajstić information content (AvgIpc) is 1.79. The van der Waals surface area contributed by atoms with Gasteiger partial charge in [-0.2, -0.15) is 10.2 Å². The minimum absolute atomic E-state index is 0.0546. The van der Waals surface area contributed by atoms with Gasteiger partial charge in [0.2, 0.25) is 0 Å². The Morgan fingerprint density at radius 1 is 0.441 bits per heavy atom. The van der Waals surface area contributed by atoms with Crippen LogP contribution >= 0.6 is 0 Å². The van der Waals surface area contributed by atoms with Gasteiger partial charge in [-0.3, -0.25) is 51.9 Å². The summed E-state index contributed by atoms with van der Waals surface area (Å²) in [6, 6.07) is 14.4. The van der Waals surface area contributed by atoms with Crippen LogP contribution in [0.3, 0.4) is 0 Å². The van der Waals surface area contributed by atoms with Gasteiger partial charge in [0.1, 0.15) is 17.2 Å². The maximum Gasteiger partial charge on any atom is 0.260 e. The quantitative estimate of drug-likeness (QED) is 0.111. The Kier molecular flexibility index (Phi) is 15.4. The highest BCUT2D eigenvalue weighted by molar-refractivity contribution is 5.80. The summed E-state index contributed by atoms with van der Waals surface area (Å²) in [5, 5.41) is 37.9. The number of aromatic nitrogens is 20. The second kappa shape index (κ2) is 23.9. The van der Waals surface area contributed by atoms with E-state index in [1.165, 1.54) is 57.6 Å². The molecule has 0 aliphatic heterocycles. The van der Waals surface area contributed by atoms with Crippen molar-refractivity contribution in [2.45, 2.75) is 45.8 Å². The molecule has 0 bridgehead atoms. The van der Waals surface area contributed by atoms with Gasteiger partial charge in [0, 0.05) is 97.6 Å². The monoisotopic (exact) mass is 1260 g/mol. The van der Waals surface area contributed by atoms with Gasteiger partial charge in [-0.1, -0.05) is 5.16 Å². The summed E-state index contributed by atoms with van der Waals surface area (Å²) in [6.07, 6.45) is 21.7. The second-order valence-corrected chi connectivity index (χ2v) is 21.7. The van der Waals surface area contributed by atoms with Crippen molar-refractivity contribution in [3.8, 4) is 50.8 Å². The summed E-state index contributed by atoms with van der Waals surface area (Å²) >= 11 is 0. The van der Waals surface area contributed by atoms with Gasteiger partial charge in [-0.15, -0.1) is 30.6 Å². The van der Waals surface area contributed by atoms with E-state index in [9.17, 15) is 27.6 Å². The molecule has 0 saturated heterocycles. The van der Waals surface area contributed by atoms with Crippen LogP contribution in [-0.2, 0) is 14.1 Å². The topological polar surface area (TPSA) is 285 Å². The first kappa shape index (κ1) is 59.7. The van der Waals surface area contributed by atoms with Crippen LogP contribution in [0.1, 0.15) is 62.1 Å². The Bertz CT molecular complexity index is 5050. The fraction of sp³-hybridized carbons (Fsp3) is 0.190. The van der Waals surface area contributed by atoms with Crippen LogP contribution in [0.4, 0.5) is 13.2 Å². The maximum absolute atomic E-state index is 14.7. The number of fused-ring (bicyclic) bond motifs is 6. The zero-order valence-corrected chi connectivity index (χ0v) is 50.9. The first-order chi connectivity index (χ1) is 44.9. The van der Waals surface area contributed by atoms with E-state index in [0.29, 0.717) is 95.6 Å². The van der Waals surface area contributed by atoms with Crippen LogP contribution in [0.5, 0.6) is 17.2 Å². The minimum Gasteiger partial charge on any atom is -0.495 e. The molecule has 30 heteroatoms. The fourth-order valence-corrected chi connectivity index (χ4v) is 10.8. The highest BCUT2D eigenvalue weighted by Crippen LogP contribution is 2.30. The van der Waals surface area contributed by atoms with Crippen molar-refractivity contribution in [3.05, 3.63) is 213 Å². The molecular weight excluding hydrogens is 1210 g/mol. The highest BCUT2D eigenvalue weighted by atomic mass is 19.1. The lowest BCUT2D eigenvalue weighted by Crippen LogP contribution is -2.25. The van der Waals surface area contributed by atoms with Crippen molar-refractivity contribution in [2.24, 2.45) is 14.1 Å². The molecule has 27 nitrogen and oxygen atoms in total. The first-order valence-corrected chi connectivity index (χ1v) is 28.6. The lowest BCUT2D eigenvalue weighted by molar-refractivity contribution is 0.413. The third-order valence-electron chi connectivity index (χ3n) is 15.8. The molecule has 468 valence electrons. The van der Waals surface area contributed by atoms with E-state index < -0.39 is 35.6 Å². The number of hydrogen-bond acceptors (Lipinski definition) is 19. The van der Waals surface area contributed by atoms with Crippen LogP contribution < -0.4 is 30.9 Å². The third kappa shape index (κ3) is 11.0. The summed E-state index contributed by atoms with van der Waals surface area (Å²) in [4.78, 5) is 52.2. The van der Waals surface area contributed by atoms with Crippen molar-refractivity contribution >= 4 is 49.7 Å². The number of rotatable bonds is 12. The van der Waals surface area contributed by atoms with Crippen LogP contribution in [0.15, 0.2) is 160 Å². The van der Waals surface area contributed by atoms with Crippen molar-refractivity contribution in [3.63, 3.8) is 0 Å². The van der Waals surface area contributed by atoms with Crippen LogP contribution in [-0.4, -0.2) is 118 Å². The number of nitrogens with zero attached hydrogens (tertiary/aromatic N) is 20. The van der Waals surface area contributed by atoms with E-state index in [0.717, 1.165) is 11.1 Å². The number of hydrogen-bond donors (Lipinski definition) is 0. The number of methoxy groups -OCH3 is 3. The molecule has 0 aliphatic rings. The SMILES string of the molecule is COc1cnc2ccn(C(C)c3nnc4c(F)cc(-c5cnn(C)c5)cn34)c(=O)c2c1.COc1cnc2ccn([C@H](C)c3nnc4c(F)cc(-c5cc(C)no5)cn34)c(=O)c2c1.COc1cnc2ccn([C@H](C)c3nnc4c(F)cc(-c5cnn(C)c5)cn34)c(=O)c2c1. The van der Waals surface area contributed by atoms with Crippen molar-refractivity contribution in [1.29, 1.82) is 0 Å². The summed E-state index contributed by atoms with van der Waals surface area (Å²) in [6.45, 7) is 7.20. The summed E-state index contributed by atoms with van der Waals surface area (Å²) < 4.78 is 77.5. The standard InChI is InChI=1S/2C21H18FN7O2.C21H17FN6O3/c2*1-12(28-5-4-18-16(21(28)30)7-15(31-3)9-23-18)19-25-26-20-17(22)6-13(11-29(19)20)14-8-24-27(2)10-14;1-11-6-18(31-26-11)13-7-16(22)20-25-24-19(28(20)10-13)12(2)27-5-4-17-15(21(27)29)8-14(30-3)9-23-17/h2*4-12H,1-3H3;4-10,12H,1-3H3/t12-;;12-/m1.1/s1. The van der Waals surface area contributed by atoms with Gasteiger partial charge in [-0.25, -0.2) is 13.2 Å². The molecule has 15 heterocycles. The van der Waals surface area contributed by atoms with E-state index in [1.807, 2.05) is 13.8 Å². The number of ether oxygens (including phenoxy) is 3. The number of pyridine rings is 9. The fourth-order valence-electron chi connectivity index (χ4n) is 10.8. The Hall–Kier alpha value is -12.2. The summed E-state index contributed by atoms with van der Waals surface area (Å²) in [5.74, 6) is 1.57. The molecule has 1 unspecified atom stereocenters. The van der Waals surface area contributed by atoms with Gasteiger partial charge >= 0.3 is 0 Å². The lowest BCUT2D eigenvalue weighted by Gasteiger charge is -2.15. The normalized spacial score (nSPS) is 12.5. The average molecular weight is 1260 g/mol. The first-order valence-electron chi connectivity index (χ1n) is 28.6. The predicted octanol–water partition coefficient (Wildman–Crippen LogP) is 8.35. The van der Waals surface area contributed by atoms with E-state index >= 15 is 0 Å². The summed E-state index contributed by atoms with van der Waals surface area (Å²) in [7, 11) is 8.13. The molecule has 15 aromatic rings. The van der Waals surface area contributed by atoms with Gasteiger partial charge in [0.15, 0.2) is 57.6 Å². The van der Waals surface area contributed by atoms with Gasteiger partial charge in [-0.05, 0) is 82.3 Å². The van der Waals surface area contributed by atoms with Gasteiger partial charge in [0.05, 0.1) is 109 Å². The smallest absolute Gasteiger partial charge is 0.260 e. The molecule has 0 spiro atoms. The lowest BCUT2D eigenvalue weighted by atomic mass is 10.1. The zero-order chi connectivity index (χ0) is 65.1. The molecule has 15 rings (SSSR count). The molecule has 0 fully saturated rings. The minimum atomic E-state index is -0.558. The Morgan fingerprint density at radius 3 is 1.10 bits per heavy atom. The molecule has 0 saturated carbocycles. The van der Waals surface area contributed by atoms with E-state index in [4.69, 9.17) is 18.7 Å². The van der Waals surface area contributed by atoms with Crippen LogP contribution in [0.2, 0.25) is 0 Å². The van der Waals surface area contributed by atoms with E-state index in [1.54, 1.807) is 169 Å². The molecule has 15 aromatic heterocycles. The summed E-state index contributed by atoms with van der Waals surface area (Å²) in [5.41, 5.74) is 5.08. The molecular formula is C63H53F3N20O7. The van der Waals surface area contributed by atoms with E-state index in [2.05, 4.69) is 60.9 Å². The van der Waals surface area contributed by atoms with Crippen LogP contribution in [0.25, 0.3) is 83.2 Å². The Labute approximate surface area is 521 Å². The van der Waals surface area contributed by atoms with Gasteiger partial charge in [0.25, 0.3) is 16.7 Å². The molecule has 0 amide bonds. The Morgan fingerprint density at radius 2 is 0.785 bits per heavy atom. The zero-order valence-electron chi connectivity index (χ0n) is 50.9. The van der Waals surface area contributed by atoms with Gasteiger partial charge < -0.3 is 32.4 Å². The molecule has 3 atom stereocenters. The third-order valence-corrected chi connectivity index (χ3v) is 15.8. The van der Waals surface area contributed by atoms with Crippen molar-refractivity contribution < 1.29 is 31.9 Å². The second-order valence-electron chi connectivity index (χ2n) is 21.7. The van der Waals surface area contributed by atoms with Crippen molar-refractivity contribution in [1.82, 2.24) is 97.2 Å². The predicted molar refractivity (Wildman–Crippen MR) is 333 cm³/mol. The number of aryl methyl sites for hydroxylation is 3. The van der Waals surface area contributed by atoms with E-state index in [-0.39, 0.29) is 33.6 Å². The Balaban J connectivity index is 0.000000127. The molecule has 0 radical (unpaired) electrons. The molecule has 0 aromatic carbocycles. The molecule has 0 N–H and O–H groups in total. The molecule has 0 aliphatic carbocycles. The largest absolute Gasteiger partial charge is 0.495 e. The molecule has 93 heavy (non-hydrogen) atoms. The van der Waals surface area contributed by atoms with Crippen molar-refractivity contribution in [2.75, 3.05) is 21.3 Å². The maximum atomic E-state index is 14.7. The number of halogens is 3.